The molecule has 3 N–H and O–H groups in total. The van der Waals surface area contributed by atoms with Gasteiger partial charge in [-0.15, -0.1) is 0 Å². The van der Waals surface area contributed by atoms with Crippen molar-refractivity contribution in [1.29, 1.82) is 0 Å². The number of nitrogens with one attached hydrogen (secondary N) is 2. The Balaban J connectivity index is 2.75. The number of carboxylic acids is 1. The first-order chi connectivity index (χ1) is 9.31. The van der Waals surface area contributed by atoms with Gasteiger partial charge in [0.05, 0.1) is 5.92 Å². The minimum absolute atomic E-state index is 0.207. The molecule has 6 heteroatoms. The average Bonchev–Trinajstić information content (AvgIpc) is 2.36. The van der Waals surface area contributed by atoms with Gasteiger partial charge in [-0.1, -0.05) is 19.9 Å². The maximum Gasteiger partial charge on any atom is 0.307 e. The van der Waals surface area contributed by atoms with E-state index in [1.54, 1.807) is 31.2 Å². The molecule has 1 aromatic rings. The molecule has 0 bridgehead atoms. The van der Waals surface area contributed by atoms with Crippen molar-refractivity contribution >= 4 is 29.2 Å². The third-order valence-electron chi connectivity index (χ3n) is 3.00. The van der Waals surface area contributed by atoms with Crippen LogP contribution in [0.2, 0.25) is 0 Å². The largest absolute Gasteiger partial charge is 0.481 e. The standard InChI is InChI=1S/C14H18N2O4/c1-8(9(2)14(19)20)13(18)16-12-6-4-5-11(7-12)15-10(3)17/h4-9H,1-3H3,(H,15,17)(H,16,18)(H,19,20). The molecule has 0 saturated heterocycles. The zero-order valence-electron chi connectivity index (χ0n) is 11.6. The maximum absolute atomic E-state index is 11.9. The molecule has 0 spiro atoms. The van der Waals surface area contributed by atoms with Crippen LogP contribution in [0, 0.1) is 11.8 Å². The highest BCUT2D eigenvalue weighted by atomic mass is 16.4. The summed E-state index contributed by atoms with van der Waals surface area (Å²) in [4.78, 5) is 33.7. The lowest BCUT2D eigenvalue weighted by molar-refractivity contribution is -0.145. The van der Waals surface area contributed by atoms with Gasteiger partial charge in [-0.05, 0) is 18.2 Å². The van der Waals surface area contributed by atoms with E-state index >= 15 is 0 Å². The fourth-order valence-corrected chi connectivity index (χ4v) is 1.57. The van der Waals surface area contributed by atoms with Gasteiger partial charge in [0.15, 0.2) is 0 Å². The fourth-order valence-electron chi connectivity index (χ4n) is 1.57. The molecule has 0 aromatic heterocycles. The molecule has 0 saturated carbocycles. The van der Waals surface area contributed by atoms with Crippen molar-refractivity contribution in [3.8, 4) is 0 Å². The van der Waals surface area contributed by atoms with Gasteiger partial charge in [-0.25, -0.2) is 0 Å². The van der Waals surface area contributed by atoms with Crippen LogP contribution >= 0.6 is 0 Å². The lowest BCUT2D eigenvalue weighted by Crippen LogP contribution is -2.29. The van der Waals surface area contributed by atoms with Gasteiger partial charge in [-0.3, -0.25) is 14.4 Å². The van der Waals surface area contributed by atoms with E-state index in [9.17, 15) is 14.4 Å². The molecule has 0 fully saturated rings. The highest BCUT2D eigenvalue weighted by Crippen LogP contribution is 2.18. The van der Waals surface area contributed by atoms with Crippen LogP contribution in [0.3, 0.4) is 0 Å². The van der Waals surface area contributed by atoms with Crippen LogP contribution < -0.4 is 10.6 Å². The molecule has 1 rings (SSSR count). The molecule has 0 aliphatic carbocycles. The molecular weight excluding hydrogens is 260 g/mol. The number of anilines is 2. The lowest BCUT2D eigenvalue weighted by Gasteiger charge is -2.16. The summed E-state index contributed by atoms with van der Waals surface area (Å²) in [5, 5.41) is 14.1. The number of hydrogen-bond donors (Lipinski definition) is 3. The van der Waals surface area contributed by atoms with E-state index in [4.69, 9.17) is 5.11 Å². The van der Waals surface area contributed by atoms with E-state index in [2.05, 4.69) is 10.6 Å². The summed E-state index contributed by atoms with van der Waals surface area (Å²) in [7, 11) is 0. The van der Waals surface area contributed by atoms with E-state index < -0.39 is 17.8 Å². The summed E-state index contributed by atoms with van der Waals surface area (Å²) in [6.07, 6.45) is 0. The van der Waals surface area contributed by atoms with Gasteiger partial charge in [0.1, 0.15) is 0 Å². The first-order valence-corrected chi connectivity index (χ1v) is 6.22. The summed E-state index contributed by atoms with van der Waals surface area (Å²) in [5.41, 5.74) is 1.07. The van der Waals surface area contributed by atoms with E-state index in [-0.39, 0.29) is 11.8 Å². The van der Waals surface area contributed by atoms with Crippen LogP contribution in [-0.4, -0.2) is 22.9 Å². The number of benzene rings is 1. The molecule has 1 aromatic carbocycles. The molecule has 2 unspecified atom stereocenters. The molecule has 2 atom stereocenters. The van der Waals surface area contributed by atoms with Crippen molar-refractivity contribution in [2.75, 3.05) is 10.6 Å². The van der Waals surface area contributed by atoms with Crippen LogP contribution in [0.25, 0.3) is 0 Å². The molecular formula is C14H18N2O4. The lowest BCUT2D eigenvalue weighted by atomic mass is 9.95. The Kier molecular flexibility index (Phi) is 5.25. The van der Waals surface area contributed by atoms with E-state index in [1.165, 1.54) is 13.8 Å². The Labute approximate surface area is 117 Å². The van der Waals surface area contributed by atoms with Crippen LogP contribution in [0.4, 0.5) is 11.4 Å². The minimum Gasteiger partial charge on any atom is -0.481 e. The number of hydrogen-bond acceptors (Lipinski definition) is 3. The van der Waals surface area contributed by atoms with E-state index in [0.717, 1.165) is 0 Å². The quantitative estimate of drug-likeness (QED) is 0.767. The Morgan fingerprint density at radius 3 is 2.10 bits per heavy atom. The summed E-state index contributed by atoms with van der Waals surface area (Å²) in [5.74, 6) is -3.02. The second-order valence-electron chi connectivity index (χ2n) is 4.67. The Morgan fingerprint density at radius 1 is 1.05 bits per heavy atom. The molecule has 20 heavy (non-hydrogen) atoms. The second kappa shape index (κ2) is 6.70. The van der Waals surface area contributed by atoms with Crippen LogP contribution in [-0.2, 0) is 14.4 Å². The number of carbonyl (C=O) groups excluding carboxylic acids is 2. The van der Waals surface area contributed by atoms with Crippen LogP contribution in [0.15, 0.2) is 24.3 Å². The number of carboxylic acid groups (broad SMARTS) is 1. The average molecular weight is 278 g/mol. The van der Waals surface area contributed by atoms with Crippen molar-refractivity contribution < 1.29 is 19.5 Å². The Hall–Kier alpha value is -2.37. The normalized spacial score (nSPS) is 13.2. The fraction of sp³-hybridized carbons (Fsp3) is 0.357. The van der Waals surface area contributed by atoms with Gasteiger partial charge in [0.25, 0.3) is 0 Å². The number of carbonyl (C=O) groups is 3. The smallest absolute Gasteiger partial charge is 0.307 e. The Morgan fingerprint density at radius 2 is 1.60 bits per heavy atom. The molecule has 0 heterocycles. The van der Waals surface area contributed by atoms with Gasteiger partial charge < -0.3 is 15.7 Å². The first-order valence-electron chi connectivity index (χ1n) is 6.22. The molecule has 108 valence electrons. The van der Waals surface area contributed by atoms with Crippen molar-refractivity contribution in [3.63, 3.8) is 0 Å². The van der Waals surface area contributed by atoms with Gasteiger partial charge in [-0.2, -0.15) is 0 Å². The van der Waals surface area contributed by atoms with Gasteiger partial charge >= 0.3 is 5.97 Å². The number of rotatable bonds is 5. The highest BCUT2D eigenvalue weighted by Gasteiger charge is 2.25. The van der Waals surface area contributed by atoms with Gasteiger partial charge in [0.2, 0.25) is 11.8 Å². The molecule has 0 aliphatic heterocycles. The summed E-state index contributed by atoms with van der Waals surface area (Å²) in [6.45, 7) is 4.44. The van der Waals surface area contributed by atoms with E-state index in [1.807, 2.05) is 0 Å². The predicted octanol–water partition coefficient (Wildman–Crippen LogP) is 1.94. The summed E-state index contributed by atoms with van der Waals surface area (Å²) in [6, 6.07) is 6.66. The highest BCUT2D eigenvalue weighted by molar-refractivity contribution is 5.96. The Bertz CT molecular complexity index is 528. The topological polar surface area (TPSA) is 95.5 Å². The van der Waals surface area contributed by atoms with Crippen LogP contribution in [0.1, 0.15) is 20.8 Å². The van der Waals surface area contributed by atoms with Crippen molar-refractivity contribution in [1.82, 2.24) is 0 Å². The monoisotopic (exact) mass is 278 g/mol. The minimum atomic E-state index is -1.01. The number of amides is 2. The van der Waals surface area contributed by atoms with Crippen molar-refractivity contribution in [2.45, 2.75) is 20.8 Å². The third kappa shape index (κ3) is 4.38. The molecule has 6 nitrogen and oxygen atoms in total. The SMILES string of the molecule is CC(=O)Nc1cccc(NC(=O)C(C)C(C)C(=O)O)c1. The molecule has 2 amide bonds. The molecule has 0 radical (unpaired) electrons. The van der Waals surface area contributed by atoms with Crippen LogP contribution in [0.5, 0.6) is 0 Å². The number of aliphatic carboxylic acids is 1. The molecule has 0 aliphatic rings. The summed E-state index contributed by atoms with van der Waals surface area (Å²) >= 11 is 0. The van der Waals surface area contributed by atoms with Crippen molar-refractivity contribution in [2.24, 2.45) is 11.8 Å². The third-order valence-corrected chi connectivity index (χ3v) is 3.00. The maximum atomic E-state index is 11.9. The first kappa shape index (κ1) is 15.7. The zero-order chi connectivity index (χ0) is 15.3. The summed E-state index contributed by atoms with van der Waals surface area (Å²) < 4.78 is 0. The van der Waals surface area contributed by atoms with Gasteiger partial charge in [0, 0.05) is 24.2 Å². The zero-order valence-corrected chi connectivity index (χ0v) is 11.6. The second-order valence-corrected chi connectivity index (χ2v) is 4.67. The predicted molar refractivity (Wildman–Crippen MR) is 75.3 cm³/mol. The van der Waals surface area contributed by atoms with E-state index in [0.29, 0.717) is 11.4 Å². The van der Waals surface area contributed by atoms with Crippen molar-refractivity contribution in [3.05, 3.63) is 24.3 Å².